The molecule has 1 saturated carbocycles. The zero-order valence-electron chi connectivity index (χ0n) is 16.1. The van der Waals surface area contributed by atoms with Crippen LogP contribution in [0.4, 0.5) is 4.79 Å². The van der Waals surface area contributed by atoms with Gasteiger partial charge in [-0.25, -0.2) is 0 Å². The summed E-state index contributed by atoms with van der Waals surface area (Å²) in [5.74, 6) is 1.05. The SMILES string of the molecule is COc1ccc(C(NC(=O)c2cccc(CN3C(=O)CSC3=O)c2)C2CC2)cc1. The first-order valence-electron chi connectivity index (χ1n) is 9.56. The zero-order chi connectivity index (χ0) is 20.4. The number of benzene rings is 2. The van der Waals surface area contributed by atoms with Crippen molar-refractivity contribution in [2.24, 2.45) is 5.92 Å². The Hall–Kier alpha value is -2.80. The van der Waals surface area contributed by atoms with Crippen LogP contribution in [0.25, 0.3) is 0 Å². The van der Waals surface area contributed by atoms with Crippen LogP contribution in [-0.2, 0) is 11.3 Å². The third-order valence-electron chi connectivity index (χ3n) is 5.23. The molecule has 0 aromatic heterocycles. The van der Waals surface area contributed by atoms with Gasteiger partial charge in [0.25, 0.3) is 11.1 Å². The molecule has 29 heavy (non-hydrogen) atoms. The highest BCUT2D eigenvalue weighted by molar-refractivity contribution is 8.14. The fourth-order valence-corrected chi connectivity index (χ4v) is 4.19. The summed E-state index contributed by atoms with van der Waals surface area (Å²) in [6.45, 7) is 0.191. The second kappa shape index (κ2) is 8.29. The average molecular weight is 410 g/mol. The second-order valence-electron chi connectivity index (χ2n) is 7.30. The van der Waals surface area contributed by atoms with Gasteiger partial charge in [0.1, 0.15) is 5.75 Å². The van der Waals surface area contributed by atoms with Crippen molar-refractivity contribution in [2.75, 3.05) is 12.9 Å². The highest BCUT2D eigenvalue weighted by atomic mass is 32.2. The number of nitrogens with one attached hydrogen (secondary N) is 1. The minimum Gasteiger partial charge on any atom is -0.497 e. The fourth-order valence-electron chi connectivity index (χ4n) is 3.47. The fraction of sp³-hybridized carbons (Fsp3) is 0.318. The maximum Gasteiger partial charge on any atom is 0.289 e. The topological polar surface area (TPSA) is 75.7 Å². The van der Waals surface area contributed by atoms with Crippen LogP contribution in [0.5, 0.6) is 5.75 Å². The molecule has 1 unspecified atom stereocenters. The Morgan fingerprint density at radius 2 is 1.97 bits per heavy atom. The highest BCUT2D eigenvalue weighted by Gasteiger charge is 2.34. The normalized spacial score (nSPS) is 17.3. The highest BCUT2D eigenvalue weighted by Crippen LogP contribution is 2.41. The van der Waals surface area contributed by atoms with Gasteiger partial charge in [0.05, 0.1) is 25.4 Å². The number of amides is 3. The molecule has 3 amide bonds. The number of methoxy groups -OCH3 is 1. The summed E-state index contributed by atoms with van der Waals surface area (Å²) in [5, 5.41) is 2.92. The number of rotatable bonds is 7. The van der Waals surface area contributed by atoms with Crippen LogP contribution < -0.4 is 10.1 Å². The molecule has 2 aromatic carbocycles. The van der Waals surface area contributed by atoms with Gasteiger partial charge in [0.2, 0.25) is 5.91 Å². The minimum absolute atomic E-state index is 0.0461. The van der Waals surface area contributed by atoms with Crippen LogP contribution in [0.1, 0.15) is 40.4 Å². The van der Waals surface area contributed by atoms with Crippen LogP contribution in [0.2, 0.25) is 0 Å². The van der Waals surface area contributed by atoms with Crippen molar-refractivity contribution in [2.45, 2.75) is 25.4 Å². The summed E-state index contributed by atoms with van der Waals surface area (Å²) in [5.41, 5.74) is 2.34. The lowest BCUT2D eigenvalue weighted by Crippen LogP contribution is -2.30. The van der Waals surface area contributed by atoms with Crippen LogP contribution in [0.15, 0.2) is 48.5 Å². The van der Waals surface area contributed by atoms with Crippen molar-refractivity contribution in [3.63, 3.8) is 0 Å². The van der Waals surface area contributed by atoms with Crippen molar-refractivity contribution in [3.05, 3.63) is 65.2 Å². The Morgan fingerprint density at radius 3 is 2.59 bits per heavy atom. The van der Waals surface area contributed by atoms with E-state index in [-0.39, 0.29) is 35.4 Å². The van der Waals surface area contributed by atoms with Crippen molar-refractivity contribution in [1.29, 1.82) is 0 Å². The maximum atomic E-state index is 12.9. The standard InChI is InChI=1S/C22H22N2O4S/c1-28-18-9-7-16(8-10-18)20(15-5-6-15)23-21(26)17-4-2-3-14(11-17)12-24-19(25)13-29-22(24)27/h2-4,7-11,15,20H,5-6,12-13H2,1H3,(H,23,26). The molecule has 1 aliphatic heterocycles. The first kappa shape index (κ1) is 19.5. The van der Waals surface area contributed by atoms with Crippen LogP contribution >= 0.6 is 11.8 Å². The van der Waals surface area contributed by atoms with Gasteiger partial charge in [0, 0.05) is 5.56 Å². The summed E-state index contributed by atoms with van der Waals surface area (Å²) in [6, 6.07) is 14.8. The van der Waals surface area contributed by atoms with Gasteiger partial charge in [-0.1, -0.05) is 36.0 Å². The van der Waals surface area contributed by atoms with E-state index in [9.17, 15) is 14.4 Å². The van der Waals surface area contributed by atoms with E-state index in [0.717, 1.165) is 41.5 Å². The summed E-state index contributed by atoms with van der Waals surface area (Å²) in [4.78, 5) is 37.8. The van der Waals surface area contributed by atoms with Crippen molar-refractivity contribution >= 4 is 28.8 Å². The molecular formula is C22H22N2O4S. The van der Waals surface area contributed by atoms with Crippen LogP contribution in [0, 0.1) is 5.92 Å². The lowest BCUT2D eigenvalue weighted by atomic mass is 10.0. The molecule has 1 saturated heterocycles. The van der Waals surface area contributed by atoms with E-state index in [0.29, 0.717) is 11.5 Å². The van der Waals surface area contributed by atoms with Gasteiger partial charge in [-0.3, -0.25) is 19.3 Å². The average Bonchev–Trinajstić information content (AvgIpc) is 3.54. The number of ether oxygens (including phenoxy) is 1. The predicted molar refractivity (Wildman–Crippen MR) is 111 cm³/mol. The van der Waals surface area contributed by atoms with E-state index >= 15 is 0 Å². The third kappa shape index (κ3) is 4.45. The zero-order valence-corrected chi connectivity index (χ0v) is 16.9. The summed E-state index contributed by atoms with van der Waals surface area (Å²) < 4.78 is 5.22. The maximum absolute atomic E-state index is 12.9. The quantitative estimate of drug-likeness (QED) is 0.752. The Kier molecular flexibility index (Phi) is 5.58. The smallest absolute Gasteiger partial charge is 0.289 e. The van der Waals surface area contributed by atoms with Gasteiger partial charge < -0.3 is 10.1 Å². The molecule has 6 nitrogen and oxygen atoms in total. The molecule has 1 atom stereocenters. The molecule has 2 fully saturated rings. The molecule has 0 radical (unpaired) electrons. The van der Waals surface area contributed by atoms with Crippen molar-refractivity contribution in [1.82, 2.24) is 10.2 Å². The molecule has 4 rings (SSSR count). The summed E-state index contributed by atoms with van der Waals surface area (Å²) >= 11 is 1.01. The monoisotopic (exact) mass is 410 g/mol. The number of thioether (sulfide) groups is 1. The number of nitrogens with zero attached hydrogens (tertiary/aromatic N) is 1. The third-order valence-corrected chi connectivity index (χ3v) is 6.08. The van der Waals surface area contributed by atoms with E-state index < -0.39 is 0 Å². The lowest BCUT2D eigenvalue weighted by molar-refractivity contribution is -0.125. The van der Waals surface area contributed by atoms with Gasteiger partial charge in [-0.15, -0.1) is 0 Å². The second-order valence-corrected chi connectivity index (χ2v) is 8.22. The van der Waals surface area contributed by atoms with E-state index in [2.05, 4.69) is 5.32 Å². The lowest BCUT2D eigenvalue weighted by Gasteiger charge is -2.20. The summed E-state index contributed by atoms with van der Waals surface area (Å²) in [6.07, 6.45) is 2.18. The molecule has 7 heteroatoms. The molecule has 0 bridgehead atoms. The molecule has 2 aliphatic rings. The molecule has 2 aromatic rings. The van der Waals surface area contributed by atoms with Crippen LogP contribution in [-0.4, -0.2) is 34.8 Å². The minimum atomic E-state index is -0.238. The first-order chi connectivity index (χ1) is 14.0. The molecule has 1 N–H and O–H groups in total. The van der Waals surface area contributed by atoms with Gasteiger partial charge >= 0.3 is 0 Å². The van der Waals surface area contributed by atoms with E-state index in [1.54, 1.807) is 25.3 Å². The van der Waals surface area contributed by atoms with E-state index in [4.69, 9.17) is 4.74 Å². The van der Waals surface area contributed by atoms with Gasteiger partial charge in [0.15, 0.2) is 0 Å². The molecular weight excluding hydrogens is 388 g/mol. The van der Waals surface area contributed by atoms with Crippen LogP contribution in [0.3, 0.4) is 0 Å². The molecule has 1 aliphatic carbocycles. The summed E-state index contributed by atoms with van der Waals surface area (Å²) in [7, 11) is 1.63. The number of imide groups is 1. The van der Waals surface area contributed by atoms with Crippen molar-refractivity contribution < 1.29 is 19.1 Å². The van der Waals surface area contributed by atoms with Crippen molar-refractivity contribution in [3.8, 4) is 5.75 Å². The number of carbonyl (C=O) groups is 3. The number of hydrogen-bond donors (Lipinski definition) is 1. The number of hydrogen-bond acceptors (Lipinski definition) is 5. The van der Waals surface area contributed by atoms with Gasteiger partial charge in [-0.05, 0) is 54.2 Å². The molecule has 150 valence electrons. The Labute approximate surface area is 173 Å². The first-order valence-corrected chi connectivity index (χ1v) is 10.5. The van der Waals surface area contributed by atoms with E-state index in [1.807, 2.05) is 30.3 Å². The Bertz CT molecular complexity index is 924. The predicted octanol–water partition coefficient (Wildman–Crippen LogP) is 3.77. The Morgan fingerprint density at radius 1 is 1.21 bits per heavy atom. The molecule has 1 heterocycles. The number of carbonyl (C=O) groups excluding carboxylic acids is 3. The largest absolute Gasteiger partial charge is 0.497 e. The van der Waals surface area contributed by atoms with Gasteiger partial charge in [-0.2, -0.15) is 0 Å². The van der Waals surface area contributed by atoms with E-state index in [1.165, 1.54) is 4.90 Å². The Balaban J connectivity index is 1.48. The molecule has 0 spiro atoms.